The minimum absolute atomic E-state index is 0.155. The van der Waals surface area contributed by atoms with Gasteiger partial charge in [-0.15, -0.1) is 0 Å². The second-order valence-corrected chi connectivity index (χ2v) is 6.98. The normalized spacial score (nSPS) is 14.9. The van der Waals surface area contributed by atoms with Gasteiger partial charge in [-0.1, -0.05) is 39.8 Å². The highest BCUT2D eigenvalue weighted by Crippen LogP contribution is 2.34. The van der Waals surface area contributed by atoms with E-state index in [1.807, 2.05) is 47.1 Å². The Kier molecular flexibility index (Phi) is 7.00. The van der Waals surface area contributed by atoms with Crippen LogP contribution in [0.3, 0.4) is 0 Å². The van der Waals surface area contributed by atoms with Crippen molar-refractivity contribution in [3.8, 4) is 22.5 Å². The van der Waals surface area contributed by atoms with Gasteiger partial charge < -0.3 is 10.7 Å². The summed E-state index contributed by atoms with van der Waals surface area (Å²) in [4.78, 5) is 12.4. The van der Waals surface area contributed by atoms with E-state index in [2.05, 4.69) is 44.3 Å². The molecule has 0 amide bonds. The van der Waals surface area contributed by atoms with Crippen LogP contribution in [0.15, 0.2) is 43.0 Å². The molecule has 0 radical (unpaired) electrons. The van der Waals surface area contributed by atoms with E-state index in [1.54, 1.807) is 11.0 Å². The average molecular weight is 405 g/mol. The Balaban J connectivity index is 0.000000606. The van der Waals surface area contributed by atoms with Crippen molar-refractivity contribution in [1.29, 1.82) is 0 Å². The maximum atomic E-state index is 6.26. The van der Waals surface area contributed by atoms with Gasteiger partial charge in [-0.3, -0.25) is 4.68 Å². The van der Waals surface area contributed by atoms with Gasteiger partial charge in [-0.05, 0) is 42.5 Å². The zero-order valence-corrected chi connectivity index (χ0v) is 18.6. The maximum absolute atomic E-state index is 6.26. The molecular formula is C24H32N6. The number of H-pyrrole nitrogens is 1. The van der Waals surface area contributed by atoms with Crippen LogP contribution < -0.4 is 5.73 Å². The number of nitrogens with zero attached hydrogens (tertiary/aromatic N) is 4. The third-order valence-corrected chi connectivity index (χ3v) is 5.22. The second kappa shape index (κ2) is 9.67. The summed E-state index contributed by atoms with van der Waals surface area (Å²) in [7, 11) is 1.91. The molecule has 0 saturated heterocycles. The summed E-state index contributed by atoms with van der Waals surface area (Å²) >= 11 is 0. The third kappa shape index (κ3) is 4.14. The summed E-state index contributed by atoms with van der Waals surface area (Å²) in [5.41, 5.74) is 13.8. The summed E-state index contributed by atoms with van der Waals surface area (Å²) in [6.07, 6.45) is 8.74. The van der Waals surface area contributed by atoms with Crippen molar-refractivity contribution in [2.24, 2.45) is 12.8 Å². The molecule has 1 aliphatic carbocycles. The SMILES string of the molecule is CC.CC.Cn1cc(-c2cc3c(-c4ccc5c(c4)CCCC5N)ncnc3[nH]2)cn1. The van der Waals surface area contributed by atoms with Crippen molar-refractivity contribution in [2.75, 3.05) is 0 Å². The number of aromatic nitrogens is 5. The summed E-state index contributed by atoms with van der Waals surface area (Å²) in [6, 6.07) is 8.79. The zero-order valence-electron chi connectivity index (χ0n) is 18.6. The fraction of sp³-hybridized carbons (Fsp3) is 0.375. The van der Waals surface area contributed by atoms with Crippen LogP contribution >= 0.6 is 0 Å². The molecule has 1 aromatic carbocycles. The number of nitrogens with one attached hydrogen (secondary N) is 1. The van der Waals surface area contributed by atoms with Gasteiger partial charge in [0.2, 0.25) is 0 Å². The van der Waals surface area contributed by atoms with E-state index in [0.29, 0.717) is 0 Å². The molecule has 0 fully saturated rings. The van der Waals surface area contributed by atoms with Crippen LogP contribution in [0.1, 0.15) is 57.7 Å². The minimum Gasteiger partial charge on any atom is -0.339 e. The number of benzene rings is 1. The topological polar surface area (TPSA) is 85.4 Å². The van der Waals surface area contributed by atoms with Gasteiger partial charge in [-0.25, -0.2) is 9.97 Å². The lowest BCUT2D eigenvalue weighted by Gasteiger charge is -2.22. The Morgan fingerprint density at radius 2 is 1.87 bits per heavy atom. The van der Waals surface area contributed by atoms with Crippen LogP contribution in [-0.2, 0) is 13.5 Å². The predicted octanol–water partition coefficient (Wildman–Crippen LogP) is 5.41. The Morgan fingerprint density at radius 1 is 1.07 bits per heavy atom. The standard InChI is InChI=1S/C20H20N6.2C2H6/c1-26-10-14(9-24-26)18-8-16-19(22-11-23-20(16)25-18)13-5-6-15-12(7-13)3-2-4-17(15)21;2*1-2/h5-11,17H,2-4,21H2,1H3,(H,22,23,25);2*1-2H3. The van der Waals surface area contributed by atoms with E-state index in [9.17, 15) is 0 Å². The maximum Gasteiger partial charge on any atom is 0.141 e. The average Bonchev–Trinajstić information content (AvgIpc) is 3.42. The molecule has 3 aromatic heterocycles. The molecule has 1 unspecified atom stereocenters. The fourth-order valence-electron chi connectivity index (χ4n) is 3.88. The lowest BCUT2D eigenvalue weighted by atomic mass is 9.86. The second-order valence-electron chi connectivity index (χ2n) is 6.98. The monoisotopic (exact) mass is 404 g/mol. The lowest BCUT2D eigenvalue weighted by Crippen LogP contribution is -2.17. The number of fused-ring (bicyclic) bond motifs is 2. The third-order valence-electron chi connectivity index (χ3n) is 5.22. The molecule has 6 heteroatoms. The van der Waals surface area contributed by atoms with Crippen LogP contribution in [0, 0.1) is 0 Å². The molecule has 6 nitrogen and oxygen atoms in total. The Morgan fingerprint density at radius 3 is 2.60 bits per heavy atom. The first kappa shape index (κ1) is 21.7. The molecule has 4 aromatic rings. The molecule has 0 saturated carbocycles. The van der Waals surface area contributed by atoms with E-state index in [4.69, 9.17) is 5.73 Å². The highest BCUT2D eigenvalue weighted by molar-refractivity contribution is 5.94. The van der Waals surface area contributed by atoms with Crippen LogP contribution in [0.5, 0.6) is 0 Å². The quantitative estimate of drug-likeness (QED) is 0.467. The van der Waals surface area contributed by atoms with Crippen molar-refractivity contribution in [3.05, 3.63) is 54.1 Å². The Bertz CT molecular complexity index is 1110. The summed E-state index contributed by atoms with van der Waals surface area (Å²) in [6.45, 7) is 8.00. The summed E-state index contributed by atoms with van der Waals surface area (Å²) < 4.78 is 1.79. The lowest BCUT2D eigenvalue weighted by molar-refractivity contribution is 0.570. The highest BCUT2D eigenvalue weighted by Gasteiger charge is 2.18. The predicted molar refractivity (Wildman–Crippen MR) is 124 cm³/mol. The minimum atomic E-state index is 0.155. The number of rotatable bonds is 2. The van der Waals surface area contributed by atoms with E-state index in [0.717, 1.165) is 52.8 Å². The van der Waals surface area contributed by atoms with Gasteiger partial charge in [-0.2, -0.15) is 5.10 Å². The van der Waals surface area contributed by atoms with Crippen molar-refractivity contribution in [3.63, 3.8) is 0 Å². The van der Waals surface area contributed by atoms with E-state index >= 15 is 0 Å². The molecule has 1 aliphatic rings. The van der Waals surface area contributed by atoms with Crippen molar-refractivity contribution in [2.45, 2.75) is 53.0 Å². The van der Waals surface area contributed by atoms with E-state index in [-0.39, 0.29) is 6.04 Å². The molecule has 3 heterocycles. The molecule has 0 bridgehead atoms. The van der Waals surface area contributed by atoms with Crippen LogP contribution in [-0.4, -0.2) is 24.7 Å². The van der Waals surface area contributed by atoms with Crippen molar-refractivity contribution in [1.82, 2.24) is 24.7 Å². The Hall–Kier alpha value is -2.99. The fourth-order valence-corrected chi connectivity index (χ4v) is 3.88. The molecule has 30 heavy (non-hydrogen) atoms. The molecule has 0 spiro atoms. The Labute approximate surface area is 178 Å². The van der Waals surface area contributed by atoms with E-state index < -0.39 is 0 Å². The van der Waals surface area contributed by atoms with Gasteiger partial charge in [0.25, 0.3) is 0 Å². The smallest absolute Gasteiger partial charge is 0.141 e. The van der Waals surface area contributed by atoms with Crippen molar-refractivity contribution < 1.29 is 0 Å². The van der Waals surface area contributed by atoms with Gasteiger partial charge in [0, 0.05) is 35.8 Å². The largest absolute Gasteiger partial charge is 0.339 e. The van der Waals surface area contributed by atoms with Gasteiger partial charge in [0.15, 0.2) is 0 Å². The van der Waals surface area contributed by atoms with Crippen molar-refractivity contribution >= 4 is 11.0 Å². The zero-order chi connectivity index (χ0) is 21.7. The number of aromatic amines is 1. The molecular weight excluding hydrogens is 372 g/mol. The van der Waals surface area contributed by atoms with E-state index in [1.165, 1.54) is 11.1 Å². The first-order chi connectivity index (χ1) is 14.7. The van der Waals surface area contributed by atoms with Crippen LogP contribution in [0.25, 0.3) is 33.5 Å². The molecule has 0 aliphatic heterocycles. The molecule has 5 rings (SSSR count). The van der Waals surface area contributed by atoms with Gasteiger partial charge >= 0.3 is 0 Å². The number of nitrogens with two attached hydrogens (primary N) is 1. The van der Waals surface area contributed by atoms with Gasteiger partial charge in [0.05, 0.1) is 17.6 Å². The highest BCUT2D eigenvalue weighted by atomic mass is 15.2. The first-order valence-electron chi connectivity index (χ1n) is 10.9. The summed E-state index contributed by atoms with van der Waals surface area (Å²) in [5, 5.41) is 5.27. The number of hydrogen-bond acceptors (Lipinski definition) is 4. The van der Waals surface area contributed by atoms with Gasteiger partial charge in [0.1, 0.15) is 12.0 Å². The number of hydrogen-bond donors (Lipinski definition) is 2. The molecule has 158 valence electrons. The van der Waals surface area contributed by atoms with Crippen LogP contribution in [0.4, 0.5) is 0 Å². The number of aryl methyl sites for hydroxylation is 2. The first-order valence-corrected chi connectivity index (χ1v) is 10.9. The summed E-state index contributed by atoms with van der Waals surface area (Å²) in [5.74, 6) is 0. The van der Waals surface area contributed by atoms with Crippen LogP contribution in [0.2, 0.25) is 0 Å². The molecule has 1 atom stereocenters. The molecule has 3 N–H and O–H groups in total.